The third-order valence-corrected chi connectivity index (χ3v) is 1.22. The van der Waals surface area contributed by atoms with Gasteiger partial charge in [-0.3, -0.25) is 5.32 Å². The highest BCUT2D eigenvalue weighted by Crippen LogP contribution is 2.07. The van der Waals surface area contributed by atoms with Gasteiger partial charge in [0.1, 0.15) is 5.60 Å². The number of allylic oxidation sites excluding steroid dienone is 3. The summed E-state index contributed by atoms with van der Waals surface area (Å²) in [4.78, 5) is 11.3. The van der Waals surface area contributed by atoms with Crippen LogP contribution in [0.2, 0.25) is 0 Å². The first-order valence-electron chi connectivity index (χ1n) is 4.60. The predicted molar refractivity (Wildman–Crippen MR) is 61.0 cm³/mol. The second kappa shape index (κ2) is 5.90. The summed E-state index contributed by atoms with van der Waals surface area (Å²) in [5, 5.41) is 2.54. The number of nitrogens with two attached hydrogens (primary N) is 1. The van der Waals surface area contributed by atoms with Crippen molar-refractivity contribution in [2.24, 2.45) is 5.73 Å². The Hall–Kier alpha value is -1.71. The van der Waals surface area contributed by atoms with E-state index in [1.54, 1.807) is 39.0 Å². The zero-order valence-electron chi connectivity index (χ0n) is 9.41. The highest BCUT2D eigenvalue weighted by atomic mass is 16.6. The minimum Gasteiger partial charge on any atom is -0.444 e. The molecule has 3 N–H and O–H groups in total. The number of nitrogens with one attached hydrogen (secondary N) is 1. The summed E-state index contributed by atoms with van der Waals surface area (Å²) in [6.45, 7) is 8.90. The van der Waals surface area contributed by atoms with Crippen LogP contribution in [-0.2, 0) is 4.74 Å². The van der Waals surface area contributed by atoms with E-state index >= 15 is 0 Å². The predicted octanol–water partition coefficient (Wildman–Crippen LogP) is 2.05. The van der Waals surface area contributed by atoms with E-state index in [0.717, 1.165) is 0 Å². The number of hydrogen-bond acceptors (Lipinski definition) is 3. The van der Waals surface area contributed by atoms with Gasteiger partial charge < -0.3 is 10.5 Å². The molecule has 0 aromatic rings. The van der Waals surface area contributed by atoms with Crippen LogP contribution in [0.4, 0.5) is 4.79 Å². The second-order valence-corrected chi connectivity index (χ2v) is 3.84. The van der Waals surface area contributed by atoms with Crippen molar-refractivity contribution >= 4 is 6.09 Å². The fraction of sp³-hybridized carbons (Fsp3) is 0.364. The first kappa shape index (κ1) is 13.3. The van der Waals surface area contributed by atoms with Crippen molar-refractivity contribution in [1.29, 1.82) is 0 Å². The SMILES string of the molecule is C=C/C=C(\C=C/N)NC(=O)OC(C)(C)C. The highest BCUT2D eigenvalue weighted by molar-refractivity contribution is 5.70. The van der Waals surface area contributed by atoms with Crippen LogP contribution in [0.15, 0.2) is 36.7 Å². The van der Waals surface area contributed by atoms with Gasteiger partial charge in [-0.1, -0.05) is 12.7 Å². The number of ether oxygens (including phenoxy) is 1. The van der Waals surface area contributed by atoms with E-state index in [-0.39, 0.29) is 0 Å². The number of hydrogen-bond donors (Lipinski definition) is 2. The number of rotatable bonds is 3. The number of carbonyl (C=O) groups is 1. The minimum atomic E-state index is -0.520. The molecule has 0 saturated heterocycles. The second-order valence-electron chi connectivity index (χ2n) is 3.84. The van der Waals surface area contributed by atoms with E-state index in [1.165, 1.54) is 6.20 Å². The Morgan fingerprint density at radius 3 is 2.47 bits per heavy atom. The average molecular weight is 210 g/mol. The summed E-state index contributed by atoms with van der Waals surface area (Å²) in [5.74, 6) is 0. The molecular weight excluding hydrogens is 192 g/mol. The molecule has 0 rings (SSSR count). The fourth-order valence-corrected chi connectivity index (χ4v) is 0.791. The van der Waals surface area contributed by atoms with Crippen molar-refractivity contribution in [1.82, 2.24) is 5.32 Å². The summed E-state index contributed by atoms with van der Waals surface area (Å²) in [6.07, 6.45) is 5.52. The average Bonchev–Trinajstić information content (AvgIpc) is 2.00. The molecule has 4 nitrogen and oxygen atoms in total. The lowest BCUT2D eigenvalue weighted by molar-refractivity contribution is 0.0548. The van der Waals surface area contributed by atoms with Gasteiger partial charge in [-0.2, -0.15) is 0 Å². The Kier molecular flexibility index (Phi) is 5.23. The third-order valence-electron chi connectivity index (χ3n) is 1.22. The number of carbonyl (C=O) groups excluding carboxylic acids is 1. The molecule has 0 radical (unpaired) electrons. The topological polar surface area (TPSA) is 64.3 Å². The largest absolute Gasteiger partial charge is 0.444 e. The van der Waals surface area contributed by atoms with Crippen LogP contribution in [-0.4, -0.2) is 11.7 Å². The molecule has 0 aromatic carbocycles. The molecule has 0 bridgehead atoms. The molecular formula is C11H18N2O2. The molecule has 0 spiro atoms. The Morgan fingerprint density at radius 1 is 1.47 bits per heavy atom. The molecule has 0 aliphatic rings. The maximum Gasteiger partial charge on any atom is 0.412 e. The Bertz CT molecular complexity index is 285. The molecule has 0 atom stereocenters. The van der Waals surface area contributed by atoms with Gasteiger partial charge in [-0.15, -0.1) is 0 Å². The smallest absolute Gasteiger partial charge is 0.412 e. The maximum absolute atomic E-state index is 11.3. The number of amides is 1. The molecule has 0 saturated carbocycles. The van der Waals surface area contributed by atoms with Crippen LogP contribution in [0.5, 0.6) is 0 Å². The van der Waals surface area contributed by atoms with Crippen LogP contribution < -0.4 is 11.1 Å². The van der Waals surface area contributed by atoms with Crippen LogP contribution in [0.25, 0.3) is 0 Å². The lowest BCUT2D eigenvalue weighted by Gasteiger charge is -2.19. The van der Waals surface area contributed by atoms with Gasteiger partial charge in [0.2, 0.25) is 0 Å². The lowest BCUT2D eigenvalue weighted by atomic mass is 10.2. The van der Waals surface area contributed by atoms with E-state index < -0.39 is 11.7 Å². The van der Waals surface area contributed by atoms with Crippen LogP contribution >= 0.6 is 0 Å². The van der Waals surface area contributed by atoms with E-state index in [2.05, 4.69) is 11.9 Å². The highest BCUT2D eigenvalue weighted by Gasteiger charge is 2.15. The molecule has 1 amide bonds. The third kappa shape index (κ3) is 7.37. The Morgan fingerprint density at radius 2 is 2.07 bits per heavy atom. The van der Waals surface area contributed by atoms with Gasteiger partial charge in [0, 0.05) is 5.70 Å². The summed E-state index contributed by atoms with van der Waals surface area (Å²) < 4.78 is 5.06. The van der Waals surface area contributed by atoms with Crippen LogP contribution in [0, 0.1) is 0 Å². The van der Waals surface area contributed by atoms with E-state index in [0.29, 0.717) is 5.70 Å². The lowest BCUT2D eigenvalue weighted by Crippen LogP contribution is -2.31. The van der Waals surface area contributed by atoms with Crippen LogP contribution in [0.3, 0.4) is 0 Å². The van der Waals surface area contributed by atoms with Gasteiger partial charge in [0.15, 0.2) is 0 Å². The minimum absolute atomic E-state index is 0.518. The van der Waals surface area contributed by atoms with Crippen molar-refractivity contribution in [2.75, 3.05) is 0 Å². The van der Waals surface area contributed by atoms with Crippen molar-refractivity contribution in [3.05, 3.63) is 36.7 Å². The van der Waals surface area contributed by atoms with Crippen molar-refractivity contribution in [3.63, 3.8) is 0 Å². The molecule has 0 aliphatic carbocycles. The van der Waals surface area contributed by atoms with Crippen molar-refractivity contribution < 1.29 is 9.53 Å². The summed E-state index contributed by atoms with van der Waals surface area (Å²) in [5.41, 5.74) is 5.23. The monoisotopic (exact) mass is 210 g/mol. The fourth-order valence-electron chi connectivity index (χ4n) is 0.791. The first-order valence-corrected chi connectivity index (χ1v) is 4.60. The van der Waals surface area contributed by atoms with E-state index in [1.807, 2.05) is 0 Å². The molecule has 0 aromatic heterocycles. The number of alkyl carbamates (subject to hydrolysis) is 1. The Balaban J connectivity index is 4.37. The normalized spacial score (nSPS) is 12.6. The molecule has 0 aliphatic heterocycles. The standard InChI is InChI=1S/C11H18N2O2/c1-5-6-9(7-8-12)13-10(14)15-11(2,3)4/h5-8H,1,12H2,2-4H3,(H,13,14)/b8-7-,9-6+. The van der Waals surface area contributed by atoms with E-state index in [9.17, 15) is 4.79 Å². The maximum atomic E-state index is 11.3. The van der Waals surface area contributed by atoms with Gasteiger partial charge in [-0.25, -0.2) is 4.79 Å². The zero-order valence-corrected chi connectivity index (χ0v) is 9.41. The molecule has 0 unspecified atom stereocenters. The molecule has 0 fully saturated rings. The van der Waals surface area contributed by atoms with Gasteiger partial charge >= 0.3 is 6.09 Å². The summed E-state index contributed by atoms with van der Waals surface area (Å²) in [6, 6.07) is 0. The van der Waals surface area contributed by atoms with Crippen LogP contribution in [0.1, 0.15) is 20.8 Å². The molecule has 0 heterocycles. The molecule has 84 valence electrons. The summed E-state index contributed by atoms with van der Waals surface area (Å²) >= 11 is 0. The molecule has 4 heteroatoms. The van der Waals surface area contributed by atoms with Gasteiger partial charge in [0.25, 0.3) is 0 Å². The Labute approximate surface area is 90.5 Å². The van der Waals surface area contributed by atoms with Gasteiger partial charge in [-0.05, 0) is 39.1 Å². The van der Waals surface area contributed by atoms with Crippen molar-refractivity contribution in [3.8, 4) is 0 Å². The van der Waals surface area contributed by atoms with Gasteiger partial charge in [0.05, 0.1) is 0 Å². The quantitative estimate of drug-likeness (QED) is 0.701. The van der Waals surface area contributed by atoms with Crippen molar-refractivity contribution in [2.45, 2.75) is 26.4 Å². The van der Waals surface area contributed by atoms with E-state index in [4.69, 9.17) is 10.5 Å². The zero-order chi connectivity index (χ0) is 11.9. The first-order chi connectivity index (χ1) is 6.89. The molecule has 15 heavy (non-hydrogen) atoms. The summed E-state index contributed by atoms with van der Waals surface area (Å²) in [7, 11) is 0.